The van der Waals surface area contributed by atoms with Crippen molar-refractivity contribution in [1.82, 2.24) is 4.98 Å². The van der Waals surface area contributed by atoms with Crippen LogP contribution < -0.4 is 20.6 Å². The van der Waals surface area contributed by atoms with E-state index < -0.39 is 0 Å². The van der Waals surface area contributed by atoms with Gasteiger partial charge in [-0.05, 0) is 42.3 Å². The first-order valence-corrected chi connectivity index (χ1v) is 8.89. The number of thiazole rings is 1. The molecule has 0 radical (unpaired) electrons. The molecule has 0 atom stereocenters. The predicted octanol–water partition coefficient (Wildman–Crippen LogP) is 4.07. The molecule has 6 nitrogen and oxygen atoms in total. The standard InChI is InChI=1S/C19H20N4O2S/c1-13-5-3-4-6-16(13)25-11-15-9-14(7-8-17(15)24-2)10-21-23-19-22-18(20)12-26-19/h3-10,12H,11,20H2,1-2H3,(H,22,23). The molecule has 0 spiro atoms. The van der Waals surface area contributed by atoms with Gasteiger partial charge >= 0.3 is 0 Å². The van der Waals surface area contributed by atoms with Crippen molar-refractivity contribution in [2.45, 2.75) is 13.5 Å². The SMILES string of the molecule is COc1ccc(C=NNc2nc(N)cs2)cc1COc1ccccc1C. The number of nitrogens with zero attached hydrogens (tertiary/aromatic N) is 2. The number of hydrogen-bond donors (Lipinski definition) is 2. The molecule has 0 fully saturated rings. The Balaban J connectivity index is 1.70. The molecule has 26 heavy (non-hydrogen) atoms. The number of rotatable bonds is 7. The topological polar surface area (TPSA) is 81.8 Å². The summed E-state index contributed by atoms with van der Waals surface area (Å²) in [6.07, 6.45) is 1.72. The lowest BCUT2D eigenvalue weighted by Crippen LogP contribution is -2.01. The van der Waals surface area contributed by atoms with Crippen LogP contribution in [0.5, 0.6) is 11.5 Å². The van der Waals surface area contributed by atoms with E-state index in [0.717, 1.165) is 28.2 Å². The van der Waals surface area contributed by atoms with Crippen molar-refractivity contribution in [1.29, 1.82) is 0 Å². The molecule has 0 amide bonds. The number of hydrazone groups is 1. The van der Waals surface area contributed by atoms with Crippen molar-refractivity contribution in [3.63, 3.8) is 0 Å². The summed E-state index contributed by atoms with van der Waals surface area (Å²) in [6.45, 7) is 2.43. The summed E-state index contributed by atoms with van der Waals surface area (Å²) < 4.78 is 11.4. The van der Waals surface area contributed by atoms with E-state index in [4.69, 9.17) is 15.2 Å². The Labute approximate surface area is 156 Å². The Hall–Kier alpha value is -3.06. The van der Waals surface area contributed by atoms with Crippen LogP contribution in [-0.2, 0) is 6.61 Å². The van der Waals surface area contributed by atoms with E-state index in [1.807, 2.05) is 49.4 Å². The quantitative estimate of drug-likeness (QED) is 0.485. The van der Waals surface area contributed by atoms with E-state index in [0.29, 0.717) is 17.6 Å². The zero-order valence-corrected chi connectivity index (χ0v) is 15.4. The van der Waals surface area contributed by atoms with Gasteiger partial charge in [0, 0.05) is 10.9 Å². The first kappa shape index (κ1) is 17.8. The largest absolute Gasteiger partial charge is 0.496 e. The lowest BCUT2D eigenvalue weighted by atomic mass is 10.1. The molecular weight excluding hydrogens is 348 g/mol. The second-order valence-corrected chi connectivity index (χ2v) is 6.43. The lowest BCUT2D eigenvalue weighted by Gasteiger charge is -2.12. The van der Waals surface area contributed by atoms with Crippen molar-refractivity contribution in [2.75, 3.05) is 18.3 Å². The Morgan fingerprint density at radius 3 is 2.81 bits per heavy atom. The molecule has 7 heteroatoms. The predicted molar refractivity (Wildman–Crippen MR) is 106 cm³/mol. The number of benzene rings is 2. The van der Waals surface area contributed by atoms with Crippen molar-refractivity contribution in [3.05, 3.63) is 64.5 Å². The Bertz CT molecular complexity index is 908. The molecule has 2 aromatic carbocycles. The smallest absolute Gasteiger partial charge is 0.205 e. The summed E-state index contributed by atoms with van der Waals surface area (Å²) in [5.41, 5.74) is 11.4. The number of nitrogens with two attached hydrogens (primary N) is 1. The molecule has 0 saturated heterocycles. The highest BCUT2D eigenvalue weighted by atomic mass is 32.1. The molecule has 0 aliphatic carbocycles. The number of hydrogen-bond acceptors (Lipinski definition) is 7. The van der Waals surface area contributed by atoms with Gasteiger partial charge in [0.1, 0.15) is 23.9 Å². The molecule has 0 saturated carbocycles. The monoisotopic (exact) mass is 368 g/mol. The highest BCUT2D eigenvalue weighted by Crippen LogP contribution is 2.23. The van der Waals surface area contributed by atoms with E-state index >= 15 is 0 Å². The highest BCUT2D eigenvalue weighted by Gasteiger charge is 2.06. The third-order valence-corrected chi connectivity index (χ3v) is 4.44. The number of anilines is 2. The summed E-state index contributed by atoms with van der Waals surface area (Å²) in [5, 5.41) is 6.59. The average Bonchev–Trinajstić information content (AvgIpc) is 3.06. The number of nitrogen functional groups attached to an aromatic ring is 1. The van der Waals surface area contributed by atoms with Gasteiger partial charge in [0.25, 0.3) is 0 Å². The minimum atomic E-state index is 0.409. The minimum Gasteiger partial charge on any atom is -0.496 e. The fraction of sp³-hybridized carbons (Fsp3) is 0.158. The maximum atomic E-state index is 5.93. The van der Waals surface area contributed by atoms with Crippen LogP contribution in [-0.4, -0.2) is 18.3 Å². The Kier molecular flexibility index (Phi) is 5.70. The highest BCUT2D eigenvalue weighted by molar-refractivity contribution is 7.14. The normalized spacial score (nSPS) is 10.8. The van der Waals surface area contributed by atoms with Gasteiger partial charge in [0.15, 0.2) is 0 Å². The summed E-state index contributed by atoms with van der Waals surface area (Å²) in [4.78, 5) is 4.09. The maximum absolute atomic E-state index is 5.93. The summed E-state index contributed by atoms with van der Waals surface area (Å²) in [6, 6.07) is 13.7. The molecule has 134 valence electrons. The molecule has 0 aliphatic rings. The minimum absolute atomic E-state index is 0.409. The fourth-order valence-electron chi connectivity index (χ4n) is 2.37. The molecular formula is C19H20N4O2S. The molecule has 0 bridgehead atoms. The van der Waals surface area contributed by atoms with Crippen LogP contribution in [0.3, 0.4) is 0 Å². The van der Waals surface area contributed by atoms with Crippen molar-refractivity contribution in [3.8, 4) is 11.5 Å². The lowest BCUT2D eigenvalue weighted by molar-refractivity contribution is 0.295. The third-order valence-electron chi connectivity index (χ3n) is 3.68. The van der Waals surface area contributed by atoms with Crippen LogP contribution in [0.1, 0.15) is 16.7 Å². The molecule has 1 heterocycles. The second-order valence-electron chi connectivity index (χ2n) is 5.57. The number of aryl methyl sites for hydroxylation is 1. The second kappa shape index (κ2) is 8.35. The zero-order valence-electron chi connectivity index (χ0n) is 14.6. The van der Waals surface area contributed by atoms with Crippen LogP contribution in [0.25, 0.3) is 0 Å². The van der Waals surface area contributed by atoms with Gasteiger partial charge in [-0.3, -0.25) is 5.43 Å². The van der Waals surface area contributed by atoms with Crippen LogP contribution in [0, 0.1) is 6.92 Å². The van der Waals surface area contributed by atoms with Gasteiger partial charge in [-0.1, -0.05) is 18.2 Å². The Morgan fingerprint density at radius 1 is 1.23 bits per heavy atom. The van der Waals surface area contributed by atoms with E-state index in [2.05, 4.69) is 15.5 Å². The molecule has 1 aromatic heterocycles. The molecule has 0 aliphatic heterocycles. The van der Waals surface area contributed by atoms with Crippen LogP contribution in [0.2, 0.25) is 0 Å². The van der Waals surface area contributed by atoms with Gasteiger partial charge in [-0.25, -0.2) is 4.98 Å². The molecule has 0 unspecified atom stereocenters. The molecule has 3 N–H and O–H groups in total. The average molecular weight is 368 g/mol. The van der Waals surface area contributed by atoms with Crippen LogP contribution in [0.15, 0.2) is 52.9 Å². The first-order chi connectivity index (χ1) is 12.7. The molecule has 3 aromatic rings. The van der Waals surface area contributed by atoms with E-state index in [-0.39, 0.29) is 0 Å². The number of ether oxygens (including phenoxy) is 2. The zero-order chi connectivity index (χ0) is 18.4. The van der Waals surface area contributed by atoms with Crippen molar-refractivity contribution in [2.24, 2.45) is 5.10 Å². The van der Waals surface area contributed by atoms with Crippen LogP contribution >= 0.6 is 11.3 Å². The number of nitrogens with one attached hydrogen (secondary N) is 1. The van der Waals surface area contributed by atoms with Gasteiger partial charge in [-0.15, -0.1) is 11.3 Å². The third kappa shape index (κ3) is 4.52. The van der Waals surface area contributed by atoms with E-state index in [9.17, 15) is 0 Å². The summed E-state index contributed by atoms with van der Waals surface area (Å²) in [5.74, 6) is 2.11. The summed E-state index contributed by atoms with van der Waals surface area (Å²) in [7, 11) is 1.65. The fourth-order valence-corrected chi connectivity index (χ4v) is 2.91. The van der Waals surface area contributed by atoms with Gasteiger partial charge in [-0.2, -0.15) is 5.10 Å². The summed E-state index contributed by atoms with van der Waals surface area (Å²) >= 11 is 1.40. The maximum Gasteiger partial charge on any atom is 0.205 e. The molecule has 3 rings (SSSR count). The Morgan fingerprint density at radius 2 is 2.08 bits per heavy atom. The number of methoxy groups -OCH3 is 1. The number of para-hydroxylation sites is 1. The first-order valence-electron chi connectivity index (χ1n) is 8.01. The number of aromatic nitrogens is 1. The van der Waals surface area contributed by atoms with Crippen LogP contribution in [0.4, 0.5) is 10.9 Å². The van der Waals surface area contributed by atoms with Crippen molar-refractivity contribution >= 4 is 28.5 Å². The van der Waals surface area contributed by atoms with Gasteiger partial charge < -0.3 is 15.2 Å². The van der Waals surface area contributed by atoms with Gasteiger partial charge in [0.05, 0.1) is 13.3 Å². The van der Waals surface area contributed by atoms with Gasteiger partial charge in [0.2, 0.25) is 5.13 Å². The van der Waals surface area contributed by atoms with E-state index in [1.54, 1.807) is 18.7 Å². The van der Waals surface area contributed by atoms with E-state index in [1.165, 1.54) is 11.3 Å². The van der Waals surface area contributed by atoms with Crippen molar-refractivity contribution < 1.29 is 9.47 Å².